The largest absolute Gasteiger partial charge is 0.370 e. The molecule has 0 unspecified atom stereocenters. The van der Waals surface area contributed by atoms with E-state index in [4.69, 9.17) is 4.74 Å². The Balaban J connectivity index is 1.96. The van der Waals surface area contributed by atoms with E-state index in [1.54, 1.807) is 13.3 Å². The van der Waals surface area contributed by atoms with Crippen LogP contribution in [0, 0.1) is 5.92 Å². The van der Waals surface area contributed by atoms with Gasteiger partial charge >= 0.3 is 0 Å². The number of carbonyl (C=O) groups is 1. The van der Waals surface area contributed by atoms with Crippen molar-refractivity contribution in [2.75, 3.05) is 7.11 Å². The van der Waals surface area contributed by atoms with E-state index in [9.17, 15) is 4.79 Å². The third-order valence-electron chi connectivity index (χ3n) is 4.51. The molecule has 0 aromatic carbocycles. The van der Waals surface area contributed by atoms with Gasteiger partial charge in [0, 0.05) is 32.5 Å². The van der Waals surface area contributed by atoms with E-state index < -0.39 is 5.60 Å². The molecule has 4 heteroatoms. The third-order valence-corrected chi connectivity index (χ3v) is 4.51. The van der Waals surface area contributed by atoms with Gasteiger partial charge in [0.05, 0.1) is 0 Å². The number of hydrogen-bond acceptors (Lipinski definition) is 3. The molecule has 0 aliphatic heterocycles. The van der Waals surface area contributed by atoms with E-state index in [2.05, 4.69) is 12.0 Å². The van der Waals surface area contributed by atoms with Gasteiger partial charge in [-0.15, -0.1) is 0 Å². The number of methoxy groups -OCH3 is 1. The highest BCUT2D eigenvalue weighted by Gasteiger charge is 2.40. The first-order valence-corrected chi connectivity index (χ1v) is 7.13. The predicted octanol–water partition coefficient (Wildman–Crippen LogP) is 2.52. The average Bonchev–Trinajstić information content (AvgIpc) is 2.83. The molecular formula is C15H24N2O2. The summed E-state index contributed by atoms with van der Waals surface area (Å²) in [6, 6.07) is 1.97. The fourth-order valence-corrected chi connectivity index (χ4v) is 2.94. The van der Waals surface area contributed by atoms with Crippen molar-refractivity contribution in [3.8, 4) is 0 Å². The van der Waals surface area contributed by atoms with Gasteiger partial charge in [0.25, 0.3) is 0 Å². The zero-order valence-electron chi connectivity index (χ0n) is 12.2. The van der Waals surface area contributed by atoms with Crippen LogP contribution in [0.15, 0.2) is 12.3 Å². The molecule has 19 heavy (non-hydrogen) atoms. The SMILES string of the molecule is COC1(C(=O)CCc2ccnn2C)CCC(C)CC1. The van der Waals surface area contributed by atoms with Crippen molar-refractivity contribution in [2.24, 2.45) is 13.0 Å². The molecular weight excluding hydrogens is 240 g/mol. The minimum atomic E-state index is -0.523. The summed E-state index contributed by atoms with van der Waals surface area (Å²) >= 11 is 0. The molecule has 0 atom stereocenters. The van der Waals surface area contributed by atoms with Gasteiger partial charge in [0.2, 0.25) is 0 Å². The lowest BCUT2D eigenvalue weighted by Gasteiger charge is -2.37. The van der Waals surface area contributed by atoms with Crippen LogP contribution in [0.3, 0.4) is 0 Å². The van der Waals surface area contributed by atoms with Crippen molar-refractivity contribution in [1.29, 1.82) is 0 Å². The number of carbonyl (C=O) groups excluding carboxylic acids is 1. The highest BCUT2D eigenvalue weighted by Crippen LogP contribution is 2.35. The number of rotatable bonds is 5. The van der Waals surface area contributed by atoms with E-state index in [-0.39, 0.29) is 5.78 Å². The number of hydrogen-bond donors (Lipinski definition) is 0. The fourth-order valence-electron chi connectivity index (χ4n) is 2.94. The van der Waals surface area contributed by atoms with E-state index in [0.717, 1.165) is 37.8 Å². The molecule has 1 aliphatic rings. The minimum Gasteiger partial charge on any atom is -0.370 e. The second kappa shape index (κ2) is 5.87. The lowest BCUT2D eigenvalue weighted by atomic mass is 9.76. The zero-order valence-corrected chi connectivity index (χ0v) is 12.2. The molecule has 0 radical (unpaired) electrons. The number of ether oxygens (including phenoxy) is 1. The molecule has 1 fully saturated rings. The second-order valence-corrected chi connectivity index (χ2v) is 5.75. The lowest BCUT2D eigenvalue weighted by molar-refractivity contribution is -0.146. The van der Waals surface area contributed by atoms with Gasteiger partial charge in [-0.2, -0.15) is 5.10 Å². The van der Waals surface area contributed by atoms with Crippen molar-refractivity contribution < 1.29 is 9.53 Å². The number of aryl methyl sites for hydroxylation is 2. The molecule has 1 aromatic rings. The molecule has 2 rings (SSSR count). The van der Waals surface area contributed by atoms with Crippen molar-refractivity contribution in [3.63, 3.8) is 0 Å². The Morgan fingerprint density at radius 3 is 2.74 bits per heavy atom. The quantitative estimate of drug-likeness (QED) is 0.821. The van der Waals surface area contributed by atoms with Crippen LogP contribution in [-0.2, 0) is 23.0 Å². The Morgan fingerprint density at radius 1 is 1.53 bits per heavy atom. The Kier molecular flexibility index (Phi) is 4.40. The average molecular weight is 264 g/mol. The summed E-state index contributed by atoms with van der Waals surface area (Å²) in [6.07, 6.45) is 6.98. The molecule has 0 N–H and O–H groups in total. The van der Waals surface area contributed by atoms with Gasteiger partial charge in [0.15, 0.2) is 5.78 Å². The van der Waals surface area contributed by atoms with Gasteiger partial charge in [-0.3, -0.25) is 9.48 Å². The first-order valence-electron chi connectivity index (χ1n) is 7.13. The second-order valence-electron chi connectivity index (χ2n) is 5.75. The summed E-state index contributed by atoms with van der Waals surface area (Å²) in [6.45, 7) is 2.25. The maximum absolute atomic E-state index is 12.5. The van der Waals surface area contributed by atoms with Gasteiger partial charge in [-0.1, -0.05) is 6.92 Å². The van der Waals surface area contributed by atoms with E-state index in [1.165, 1.54) is 0 Å². The van der Waals surface area contributed by atoms with Crippen LogP contribution in [0.25, 0.3) is 0 Å². The van der Waals surface area contributed by atoms with Crippen LogP contribution in [0.4, 0.5) is 0 Å². The standard InChI is InChI=1S/C15H24N2O2/c1-12-6-9-15(19-3,10-7-12)14(18)5-4-13-8-11-16-17(13)2/h8,11-12H,4-7,9-10H2,1-3H3. The molecule has 4 nitrogen and oxygen atoms in total. The van der Waals surface area contributed by atoms with Gasteiger partial charge in [-0.05, 0) is 44.1 Å². The Bertz CT molecular complexity index is 431. The first kappa shape index (κ1) is 14.3. The molecule has 1 saturated carbocycles. The monoisotopic (exact) mass is 264 g/mol. The highest BCUT2D eigenvalue weighted by molar-refractivity contribution is 5.87. The summed E-state index contributed by atoms with van der Waals surface area (Å²) in [5, 5.41) is 4.13. The van der Waals surface area contributed by atoms with Crippen LogP contribution >= 0.6 is 0 Å². The Morgan fingerprint density at radius 2 is 2.21 bits per heavy atom. The lowest BCUT2D eigenvalue weighted by Crippen LogP contribution is -2.44. The summed E-state index contributed by atoms with van der Waals surface area (Å²) < 4.78 is 7.45. The molecule has 1 aliphatic carbocycles. The third kappa shape index (κ3) is 3.06. The minimum absolute atomic E-state index is 0.253. The maximum atomic E-state index is 12.5. The van der Waals surface area contributed by atoms with Crippen molar-refractivity contribution in [3.05, 3.63) is 18.0 Å². The normalized spacial score (nSPS) is 27.4. The van der Waals surface area contributed by atoms with E-state index >= 15 is 0 Å². The molecule has 0 bridgehead atoms. The smallest absolute Gasteiger partial charge is 0.164 e. The van der Waals surface area contributed by atoms with E-state index in [1.807, 2.05) is 17.8 Å². The number of nitrogens with zero attached hydrogens (tertiary/aromatic N) is 2. The summed E-state index contributed by atoms with van der Waals surface area (Å²) in [5.41, 5.74) is 0.578. The Labute approximate surface area is 115 Å². The van der Waals surface area contributed by atoms with Crippen LogP contribution < -0.4 is 0 Å². The summed E-state index contributed by atoms with van der Waals surface area (Å²) in [5.74, 6) is 0.969. The van der Waals surface area contributed by atoms with Crippen molar-refractivity contribution in [2.45, 2.75) is 51.0 Å². The molecule has 106 valence electrons. The number of ketones is 1. The van der Waals surface area contributed by atoms with Crippen LogP contribution in [0.5, 0.6) is 0 Å². The van der Waals surface area contributed by atoms with Crippen LogP contribution in [0.2, 0.25) is 0 Å². The van der Waals surface area contributed by atoms with Crippen LogP contribution in [-0.4, -0.2) is 28.3 Å². The number of Topliss-reactive ketones (excluding diaryl/α,β-unsaturated/α-hetero) is 1. The molecule has 1 aromatic heterocycles. The van der Waals surface area contributed by atoms with Crippen LogP contribution in [0.1, 0.15) is 44.7 Å². The van der Waals surface area contributed by atoms with Crippen molar-refractivity contribution >= 4 is 5.78 Å². The number of aromatic nitrogens is 2. The zero-order chi connectivity index (χ0) is 13.9. The highest BCUT2D eigenvalue weighted by atomic mass is 16.5. The summed E-state index contributed by atoms with van der Waals surface area (Å²) in [4.78, 5) is 12.5. The maximum Gasteiger partial charge on any atom is 0.164 e. The van der Waals surface area contributed by atoms with E-state index in [0.29, 0.717) is 12.3 Å². The van der Waals surface area contributed by atoms with Crippen molar-refractivity contribution in [1.82, 2.24) is 9.78 Å². The van der Waals surface area contributed by atoms with Gasteiger partial charge < -0.3 is 4.74 Å². The summed E-state index contributed by atoms with van der Waals surface area (Å²) in [7, 11) is 3.59. The molecule has 0 amide bonds. The molecule has 0 spiro atoms. The first-order chi connectivity index (χ1) is 9.07. The van der Waals surface area contributed by atoms with Gasteiger partial charge in [-0.25, -0.2) is 0 Å². The predicted molar refractivity (Wildman–Crippen MR) is 73.9 cm³/mol. The molecule has 1 heterocycles. The molecule has 0 saturated heterocycles. The topological polar surface area (TPSA) is 44.1 Å². The van der Waals surface area contributed by atoms with Gasteiger partial charge in [0.1, 0.15) is 5.60 Å². The fraction of sp³-hybridized carbons (Fsp3) is 0.733. The Hall–Kier alpha value is -1.16.